The topological polar surface area (TPSA) is 88.3 Å². The monoisotopic (exact) mass is 460 g/mol. The van der Waals surface area contributed by atoms with Crippen LogP contribution in [-0.2, 0) is 20.7 Å². The van der Waals surface area contributed by atoms with E-state index in [1.165, 1.54) is 18.4 Å². The lowest BCUT2D eigenvalue weighted by Gasteiger charge is -2.19. The predicted molar refractivity (Wildman–Crippen MR) is 129 cm³/mol. The standard InChI is InChI=1S/C26H24N2O4S/c1-16(17-9-11-18(12-10-17)24(29)23-8-5-13-33-23)25(30)28-22(26(31)32-2)14-19-15-27-21-7-4-3-6-20(19)21/h3-13,15-16,22,27H,14H2,1-2H3,(H,28,30)/t16-,22+/m1/s1. The molecule has 2 heterocycles. The van der Waals surface area contributed by atoms with Crippen LogP contribution in [0.5, 0.6) is 0 Å². The Morgan fingerprint density at radius 1 is 1.03 bits per heavy atom. The Morgan fingerprint density at radius 2 is 1.79 bits per heavy atom. The number of fused-ring (bicyclic) bond motifs is 1. The zero-order valence-electron chi connectivity index (χ0n) is 18.3. The molecular formula is C26H24N2O4S. The number of ether oxygens (including phenoxy) is 1. The van der Waals surface area contributed by atoms with Gasteiger partial charge >= 0.3 is 5.97 Å². The Morgan fingerprint density at radius 3 is 2.48 bits per heavy atom. The number of hydrogen-bond donors (Lipinski definition) is 2. The van der Waals surface area contributed by atoms with Crippen molar-refractivity contribution < 1.29 is 19.1 Å². The summed E-state index contributed by atoms with van der Waals surface area (Å²) < 4.78 is 4.94. The molecule has 0 fully saturated rings. The summed E-state index contributed by atoms with van der Waals surface area (Å²) >= 11 is 1.40. The highest BCUT2D eigenvalue weighted by atomic mass is 32.1. The number of para-hydroxylation sites is 1. The number of rotatable bonds is 8. The molecule has 4 rings (SSSR count). The van der Waals surface area contributed by atoms with Gasteiger partial charge in [-0.15, -0.1) is 11.3 Å². The van der Waals surface area contributed by atoms with E-state index < -0.39 is 17.9 Å². The molecule has 0 aliphatic heterocycles. The molecule has 2 N–H and O–H groups in total. The smallest absolute Gasteiger partial charge is 0.328 e. The molecule has 0 radical (unpaired) electrons. The second-order valence-corrected chi connectivity index (χ2v) is 8.75. The lowest BCUT2D eigenvalue weighted by molar-refractivity contribution is -0.145. The van der Waals surface area contributed by atoms with E-state index in [2.05, 4.69) is 10.3 Å². The van der Waals surface area contributed by atoms with Crippen molar-refractivity contribution in [2.24, 2.45) is 0 Å². The minimum atomic E-state index is -0.816. The molecular weight excluding hydrogens is 436 g/mol. The zero-order valence-corrected chi connectivity index (χ0v) is 19.1. The number of methoxy groups -OCH3 is 1. The van der Waals surface area contributed by atoms with Gasteiger partial charge in [-0.3, -0.25) is 9.59 Å². The summed E-state index contributed by atoms with van der Waals surface area (Å²) in [6, 6.07) is 17.6. The molecule has 2 atom stereocenters. The molecule has 0 aliphatic rings. The number of carbonyl (C=O) groups is 3. The summed E-state index contributed by atoms with van der Waals surface area (Å²) in [4.78, 5) is 41.8. The van der Waals surface area contributed by atoms with Crippen molar-refractivity contribution in [1.82, 2.24) is 10.3 Å². The number of nitrogens with one attached hydrogen (secondary N) is 2. The van der Waals surface area contributed by atoms with E-state index in [0.29, 0.717) is 16.9 Å². The van der Waals surface area contributed by atoms with Crippen LogP contribution in [0.1, 0.15) is 39.2 Å². The number of hydrogen-bond acceptors (Lipinski definition) is 5. The first-order chi connectivity index (χ1) is 16.0. The fraction of sp³-hybridized carbons (Fsp3) is 0.192. The Balaban J connectivity index is 1.47. The van der Waals surface area contributed by atoms with Crippen molar-refractivity contribution in [3.05, 3.63) is 93.8 Å². The Hall–Kier alpha value is -3.71. The summed E-state index contributed by atoms with van der Waals surface area (Å²) in [5.41, 5.74) is 3.21. The molecule has 0 saturated carbocycles. The average Bonchev–Trinajstić information content (AvgIpc) is 3.53. The summed E-state index contributed by atoms with van der Waals surface area (Å²) in [5.74, 6) is -1.34. The van der Waals surface area contributed by atoms with Gasteiger partial charge in [0.25, 0.3) is 0 Å². The molecule has 2 aromatic carbocycles. The van der Waals surface area contributed by atoms with Gasteiger partial charge < -0.3 is 15.0 Å². The lowest BCUT2D eigenvalue weighted by Crippen LogP contribution is -2.44. The molecule has 0 unspecified atom stereocenters. The van der Waals surface area contributed by atoms with Crippen molar-refractivity contribution >= 4 is 39.9 Å². The van der Waals surface area contributed by atoms with Gasteiger partial charge in [0.2, 0.25) is 11.7 Å². The highest BCUT2D eigenvalue weighted by molar-refractivity contribution is 7.12. The van der Waals surface area contributed by atoms with Gasteiger partial charge in [-0.05, 0) is 35.6 Å². The van der Waals surface area contributed by atoms with E-state index in [0.717, 1.165) is 22.0 Å². The van der Waals surface area contributed by atoms with Crippen LogP contribution >= 0.6 is 11.3 Å². The van der Waals surface area contributed by atoms with Gasteiger partial charge in [0.05, 0.1) is 17.9 Å². The first kappa shape index (κ1) is 22.5. The fourth-order valence-corrected chi connectivity index (χ4v) is 4.46. The van der Waals surface area contributed by atoms with Crippen LogP contribution in [0.15, 0.2) is 72.2 Å². The minimum Gasteiger partial charge on any atom is -0.467 e. The van der Waals surface area contributed by atoms with E-state index in [9.17, 15) is 14.4 Å². The highest BCUT2D eigenvalue weighted by Gasteiger charge is 2.26. The van der Waals surface area contributed by atoms with Crippen molar-refractivity contribution in [3.63, 3.8) is 0 Å². The Labute approximate surface area is 195 Å². The van der Waals surface area contributed by atoms with Crippen molar-refractivity contribution in [2.75, 3.05) is 7.11 Å². The molecule has 0 saturated heterocycles. The third kappa shape index (κ3) is 4.88. The number of ketones is 1. The molecule has 168 valence electrons. The zero-order chi connectivity index (χ0) is 23.4. The van der Waals surface area contributed by atoms with E-state index >= 15 is 0 Å². The number of aromatic amines is 1. The van der Waals surface area contributed by atoms with Gasteiger partial charge in [-0.25, -0.2) is 4.79 Å². The van der Waals surface area contributed by atoms with Crippen LogP contribution in [0.25, 0.3) is 10.9 Å². The van der Waals surface area contributed by atoms with Crippen LogP contribution in [0.3, 0.4) is 0 Å². The number of benzene rings is 2. The van der Waals surface area contributed by atoms with E-state index in [4.69, 9.17) is 4.74 Å². The molecule has 0 bridgehead atoms. The fourth-order valence-electron chi connectivity index (χ4n) is 3.78. The number of carbonyl (C=O) groups excluding carboxylic acids is 3. The molecule has 33 heavy (non-hydrogen) atoms. The first-order valence-electron chi connectivity index (χ1n) is 10.6. The first-order valence-corrected chi connectivity index (χ1v) is 11.5. The predicted octanol–water partition coefficient (Wildman–Crippen LogP) is 4.46. The van der Waals surface area contributed by atoms with Gasteiger partial charge in [0.15, 0.2) is 0 Å². The molecule has 1 amide bonds. The van der Waals surface area contributed by atoms with Gasteiger partial charge in [0, 0.05) is 29.1 Å². The molecule has 6 nitrogen and oxygen atoms in total. The van der Waals surface area contributed by atoms with Crippen molar-refractivity contribution in [2.45, 2.75) is 25.3 Å². The molecule has 7 heteroatoms. The van der Waals surface area contributed by atoms with Crippen LogP contribution in [0.2, 0.25) is 0 Å². The molecule has 0 spiro atoms. The van der Waals surface area contributed by atoms with E-state index in [1.54, 1.807) is 37.3 Å². The number of amides is 1. The second kappa shape index (κ2) is 9.83. The SMILES string of the molecule is COC(=O)[C@H](Cc1c[nH]c2ccccc12)NC(=O)[C@H](C)c1ccc(C(=O)c2cccs2)cc1. The largest absolute Gasteiger partial charge is 0.467 e. The number of aromatic nitrogens is 1. The van der Waals surface area contributed by atoms with Gasteiger partial charge in [-0.1, -0.05) is 48.5 Å². The summed E-state index contributed by atoms with van der Waals surface area (Å²) in [6.45, 7) is 1.77. The van der Waals surface area contributed by atoms with Crippen molar-refractivity contribution in [3.8, 4) is 0 Å². The van der Waals surface area contributed by atoms with Gasteiger partial charge in [0.1, 0.15) is 6.04 Å². The van der Waals surface area contributed by atoms with E-state index in [-0.39, 0.29) is 11.7 Å². The Kier molecular flexibility index (Phi) is 6.70. The van der Waals surface area contributed by atoms with Crippen LogP contribution in [0.4, 0.5) is 0 Å². The lowest BCUT2D eigenvalue weighted by atomic mass is 9.97. The maximum atomic E-state index is 13.0. The van der Waals surface area contributed by atoms with Crippen molar-refractivity contribution in [1.29, 1.82) is 0 Å². The molecule has 0 aliphatic carbocycles. The summed E-state index contributed by atoms with van der Waals surface area (Å²) in [7, 11) is 1.31. The highest BCUT2D eigenvalue weighted by Crippen LogP contribution is 2.22. The average molecular weight is 461 g/mol. The minimum absolute atomic E-state index is 0.0434. The maximum absolute atomic E-state index is 13.0. The Bertz CT molecular complexity index is 1280. The third-order valence-corrected chi connectivity index (χ3v) is 6.58. The number of H-pyrrole nitrogens is 1. The summed E-state index contributed by atoms with van der Waals surface area (Å²) in [5, 5.41) is 5.70. The van der Waals surface area contributed by atoms with Crippen LogP contribution < -0.4 is 5.32 Å². The van der Waals surface area contributed by atoms with Gasteiger partial charge in [-0.2, -0.15) is 0 Å². The normalized spacial score (nSPS) is 12.8. The second-order valence-electron chi connectivity index (χ2n) is 7.80. The van der Waals surface area contributed by atoms with Crippen LogP contribution in [0, 0.1) is 0 Å². The molecule has 2 aromatic heterocycles. The maximum Gasteiger partial charge on any atom is 0.328 e. The van der Waals surface area contributed by atoms with Crippen LogP contribution in [-0.4, -0.2) is 35.8 Å². The quantitative estimate of drug-likeness (QED) is 0.300. The number of thiophene rings is 1. The van der Waals surface area contributed by atoms with E-state index in [1.807, 2.05) is 41.9 Å². The number of esters is 1. The molecule has 4 aromatic rings. The summed E-state index contributed by atoms with van der Waals surface area (Å²) in [6.07, 6.45) is 2.16. The third-order valence-electron chi connectivity index (χ3n) is 5.71.